The van der Waals surface area contributed by atoms with Crippen molar-refractivity contribution in [1.82, 2.24) is 4.98 Å². The maximum Gasteiger partial charge on any atom is 0.317 e. The second-order valence-corrected chi connectivity index (χ2v) is 5.60. The number of esters is 1. The van der Waals surface area contributed by atoms with Crippen molar-refractivity contribution in [3.63, 3.8) is 0 Å². The van der Waals surface area contributed by atoms with Crippen molar-refractivity contribution in [3.8, 4) is 0 Å². The SMILES string of the molecule is CCC(CC)(C(=O)OC)c1csc(CC(C)OC)n1. The fourth-order valence-electron chi connectivity index (χ4n) is 2.15. The van der Waals surface area contributed by atoms with Gasteiger partial charge in [-0.25, -0.2) is 4.98 Å². The Labute approximate surface area is 119 Å². The summed E-state index contributed by atoms with van der Waals surface area (Å²) in [4.78, 5) is 16.7. The fourth-order valence-corrected chi connectivity index (χ4v) is 3.16. The van der Waals surface area contributed by atoms with Gasteiger partial charge in [-0.1, -0.05) is 13.8 Å². The highest BCUT2D eigenvalue weighted by atomic mass is 32.1. The van der Waals surface area contributed by atoms with Gasteiger partial charge in [0.2, 0.25) is 0 Å². The highest BCUT2D eigenvalue weighted by molar-refractivity contribution is 7.09. The van der Waals surface area contributed by atoms with Gasteiger partial charge in [-0.2, -0.15) is 0 Å². The minimum Gasteiger partial charge on any atom is -0.468 e. The van der Waals surface area contributed by atoms with Crippen molar-refractivity contribution in [3.05, 3.63) is 16.1 Å². The summed E-state index contributed by atoms with van der Waals surface area (Å²) in [5, 5.41) is 2.97. The second-order valence-electron chi connectivity index (χ2n) is 4.66. The predicted octanol–water partition coefficient (Wildman–Crippen LogP) is 2.95. The van der Waals surface area contributed by atoms with Crippen molar-refractivity contribution >= 4 is 17.3 Å². The summed E-state index contributed by atoms with van der Waals surface area (Å²) in [6, 6.07) is 0. The van der Waals surface area contributed by atoms with E-state index in [1.54, 1.807) is 18.4 Å². The Morgan fingerprint density at radius 2 is 2.05 bits per heavy atom. The van der Waals surface area contributed by atoms with Gasteiger partial charge in [0, 0.05) is 18.9 Å². The second kappa shape index (κ2) is 7.01. The Kier molecular flexibility index (Phi) is 5.94. The van der Waals surface area contributed by atoms with Crippen molar-refractivity contribution in [2.75, 3.05) is 14.2 Å². The molecule has 0 aliphatic rings. The Bertz CT molecular complexity index is 413. The summed E-state index contributed by atoms with van der Waals surface area (Å²) < 4.78 is 10.2. The first-order valence-electron chi connectivity index (χ1n) is 6.60. The molecular weight excluding hydrogens is 262 g/mol. The molecule has 1 aromatic rings. The number of ether oxygens (including phenoxy) is 2. The number of carbonyl (C=O) groups excluding carboxylic acids is 1. The first-order valence-corrected chi connectivity index (χ1v) is 7.48. The summed E-state index contributed by atoms with van der Waals surface area (Å²) >= 11 is 1.58. The topological polar surface area (TPSA) is 48.4 Å². The number of hydrogen-bond acceptors (Lipinski definition) is 5. The summed E-state index contributed by atoms with van der Waals surface area (Å²) in [7, 11) is 3.12. The van der Waals surface area contributed by atoms with Crippen LogP contribution in [0.2, 0.25) is 0 Å². The van der Waals surface area contributed by atoms with Gasteiger partial charge in [-0.3, -0.25) is 4.79 Å². The average Bonchev–Trinajstić information content (AvgIpc) is 2.89. The van der Waals surface area contributed by atoms with E-state index in [2.05, 4.69) is 4.98 Å². The lowest BCUT2D eigenvalue weighted by Crippen LogP contribution is -2.36. The molecule has 0 spiro atoms. The number of hydrogen-bond donors (Lipinski definition) is 0. The van der Waals surface area contributed by atoms with Gasteiger partial charge in [-0.15, -0.1) is 11.3 Å². The molecular formula is C14H23NO3S. The molecule has 0 N–H and O–H groups in total. The maximum absolute atomic E-state index is 12.1. The number of aromatic nitrogens is 1. The molecule has 0 amide bonds. The molecule has 108 valence electrons. The van der Waals surface area contributed by atoms with Crippen LogP contribution in [0.5, 0.6) is 0 Å². The van der Waals surface area contributed by atoms with Gasteiger partial charge in [-0.05, 0) is 19.8 Å². The molecule has 0 fully saturated rings. The molecule has 0 radical (unpaired) electrons. The highest BCUT2D eigenvalue weighted by Crippen LogP contribution is 2.34. The lowest BCUT2D eigenvalue weighted by atomic mass is 9.80. The van der Waals surface area contributed by atoms with Crippen LogP contribution in [-0.2, 0) is 26.1 Å². The summed E-state index contributed by atoms with van der Waals surface area (Å²) in [6.07, 6.45) is 2.29. The minimum atomic E-state index is -0.611. The zero-order valence-corrected chi connectivity index (χ0v) is 13.2. The van der Waals surface area contributed by atoms with Gasteiger partial charge in [0.15, 0.2) is 0 Å². The zero-order chi connectivity index (χ0) is 14.5. The van der Waals surface area contributed by atoms with Crippen LogP contribution in [0.1, 0.15) is 44.3 Å². The molecule has 0 aliphatic carbocycles. The number of thiazole rings is 1. The van der Waals surface area contributed by atoms with E-state index in [0.717, 1.165) is 17.1 Å². The molecule has 19 heavy (non-hydrogen) atoms. The fraction of sp³-hybridized carbons (Fsp3) is 0.714. The summed E-state index contributed by atoms with van der Waals surface area (Å²) in [6.45, 7) is 6.00. The van der Waals surface area contributed by atoms with Gasteiger partial charge >= 0.3 is 5.97 Å². The minimum absolute atomic E-state index is 0.134. The van der Waals surface area contributed by atoms with E-state index in [4.69, 9.17) is 9.47 Å². The molecule has 0 aromatic carbocycles. The number of rotatable bonds is 7. The molecule has 0 aliphatic heterocycles. The first kappa shape index (κ1) is 16.1. The summed E-state index contributed by atoms with van der Waals surface area (Å²) in [5.74, 6) is -0.200. The normalized spacial score (nSPS) is 13.3. The molecule has 1 atom stereocenters. The van der Waals surface area contributed by atoms with E-state index in [-0.39, 0.29) is 12.1 Å². The molecule has 1 aromatic heterocycles. The standard InChI is InChI=1S/C14H23NO3S/c1-6-14(7-2,13(16)18-5)11-9-19-12(15-11)8-10(3)17-4/h9-10H,6-8H2,1-5H3. The monoisotopic (exact) mass is 285 g/mol. The van der Waals surface area contributed by atoms with Crippen molar-refractivity contribution < 1.29 is 14.3 Å². The molecule has 0 saturated carbocycles. The number of methoxy groups -OCH3 is 2. The van der Waals surface area contributed by atoms with E-state index in [1.165, 1.54) is 7.11 Å². The van der Waals surface area contributed by atoms with E-state index < -0.39 is 5.41 Å². The Morgan fingerprint density at radius 3 is 2.53 bits per heavy atom. The molecule has 4 nitrogen and oxygen atoms in total. The van der Waals surface area contributed by atoms with Crippen LogP contribution in [0.4, 0.5) is 0 Å². The third-order valence-electron chi connectivity index (χ3n) is 3.69. The Morgan fingerprint density at radius 1 is 1.42 bits per heavy atom. The molecule has 1 unspecified atom stereocenters. The van der Waals surface area contributed by atoms with Crippen LogP contribution in [0, 0.1) is 0 Å². The van der Waals surface area contributed by atoms with Crippen LogP contribution in [0.25, 0.3) is 0 Å². The molecule has 0 bridgehead atoms. The van der Waals surface area contributed by atoms with Gasteiger partial charge in [0.05, 0.1) is 23.9 Å². The van der Waals surface area contributed by atoms with E-state index in [1.807, 2.05) is 26.2 Å². The summed E-state index contributed by atoms with van der Waals surface area (Å²) in [5.41, 5.74) is 0.215. The first-order chi connectivity index (χ1) is 9.03. The number of nitrogens with zero attached hydrogens (tertiary/aromatic N) is 1. The quantitative estimate of drug-likeness (QED) is 0.723. The Hall–Kier alpha value is -0.940. The maximum atomic E-state index is 12.1. The smallest absolute Gasteiger partial charge is 0.317 e. The van der Waals surface area contributed by atoms with E-state index in [9.17, 15) is 4.79 Å². The molecule has 1 rings (SSSR count). The average molecular weight is 285 g/mol. The third kappa shape index (κ3) is 3.34. The van der Waals surface area contributed by atoms with Crippen LogP contribution in [0.15, 0.2) is 5.38 Å². The molecule has 1 heterocycles. The largest absolute Gasteiger partial charge is 0.468 e. The van der Waals surface area contributed by atoms with E-state index >= 15 is 0 Å². The van der Waals surface area contributed by atoms with Crippen molar-refractivity contribution in [2.45, 2.75) is 51.6 Å². The molecule has 5 heteroatoms. The number of carbonyl (C=O) groups is 1. The van der Waals surface area contributed by atoms with Crippen LogP contribution in [0.3, 0.4) is 0 Å². The lowest BCUT2D eigenvalue weighted by molar-refractivity contribution is -0.148. The predicted molar refractivity (Wildman–Crippen MR) is 76.6 cm³/mol. The van der Waals surface area contributed by atoms with Crippen LogP contribution >= 0.6 is 11.3 Å². The van der Waals surface area contributed by atoms with Gasteiger partial charge in [0.25, 0.3) is 0 Å². The third-order valence-corrected chi connectivity index (χ3v) is 4.56. The van der Waals surface area contributed by atoms with E-state index in [0.29, 0.717) is 12.8 Å². The Balaban J connectivity index is 3.02. The highest BCUT2D eigenvalue weighted by Gasteiger charge is 2.40. The van der Waals surface area contributed by atoms with Crippen molar-refractivity contribution in [1.29, 1.82) is 0 Å². The molecule has 0 saturated heterocycles. The van der Waals surface area contributed by atoms with Crippen LogP contribution in [-0.4, -0.2) is 31.3 Å². The lowest BCUT2D eigenvalue weighted by Gasteiger charge is -2.26. The van der Waals surface area contributed by atoms with Crippen molar-refractivity contribution in [2.24, 2.45) is 0 Å². The zero-order valence-electron chi connectivity index (χ0n) is 12.4. The van der Waals surface area contributed by atoms with Gasteiger partial charge < -0.3 is 9.47 Å². The van der Waals surface area contributed by atoms with Crippen LogP contribution < -0.4 is 0 Å². The van der Waals surface area contributed by atoms with Gasteiger partial charge in [0.1, 0.15) is 5.41 Å².